The molecule has 1 rings (SSSR count). The Hall–Kier alpha value is -0.570. The maximum atomic E-state index is 11.8. The molecule has 16 heavy (non-hydrogen) atoms. The van der Waals surface area contributed by atoms with Gasteiger partial charge in [0.15, 0.2) is 0 Å². The van der Waals surface area contributed by atoms with Crippen LogP contribution in [0.4, 0.5) is 0 Å². The summed E-state index contributed by atoms with van der Waals surface area (Å²) in [7, 11) is 0. The van der Waals surface area contributed by atoms with Gasteiger partial charge in [0.25, 0.3) is 0 Å². The van der Waals surface area contributed by atoms with Gasteiger partial charge < -0.3 is 11.1 Å². The average Bonchev–Trinajstić information content (AvgIpc) is 2.57. The summed E-state index contributed by atoms with van der Waals surface area (Å²) in [4.78, 5) is 11.8. The fourth-order valence-corrected chi connectivity index (χ4v) is 2.43. The van der Waals surface area contributed by atoms with E-state index in [-0.39, 0.29) is 16.7 Å². The molecule has 0 aromatic carbocycles. The van der Waals surface area contributed by atoms with E-state index < -0.39 is 0 Å². The predicted molar refractivity (Wildman–Crippen MR) is 66.9 cm³/mol. The molecule has 0 aliphatic heterocycles. The Bertz CT molecular complexity index is 253. The molecule has 1 aliphatic carbocycles. The monoisotopic (exact) mass is 226 g/mol. The average molecular weight is 226 g/mol. The first-order valence-corrected chi connectivity index (χ1v) is 6.26. The number of nitrogens with two attached hydrogens (primary N) is 1. The van der Waals surface area contributed by atoms with Gasteiger partial charge in [0.05, 0.1) is 0 Å². The van der Waals surface area contributed by atoms with E-state index in [1.807, 2.05) is 0 Å². The van der Waals surface area contributed by atoms with Crippen molar-refractivity contribution in [2.45, 2.75) is 53.5 Å². The second kappa shape index (κ2) is 4.36. The zero-order valence-electron chi connectivity index (χ0n) is 11.3. The maximum absolute atomic E-state index is 11.8. The zero-order valence-corrected chi connectivity index (χ0v) is 11.3. The van der Waals surface area contributed by atoms with Crippen LogP contribution in [0.3, 0.4) is 0 Å². The van der Waals surface area contributed by atoms with Crippen molar-refractivity contribution >= 4 is 5.91 Å². The molecule has 0 bridgehead atoms. The van der Waals surface area contributed by atoms with Gasteiger partial charge in [-0.1, -0.05) is 41.0 Å². The van der Waals surface area contributed by atoms with Crippen molar-refractivity contribution in [2.75, 3.05) is 6.54 Å². The van der Waals surface area contributed by atoms with Gasteiger partial charge in [-0.05, 0) is 23.3 Å². The molecule has 1 aliphatic rings. The minimum atomic E-state index is 0.154. The van der Waals surface area contributed by atoms with Crippen LogP contribution in [0.25, 0.3) is 0 Å². The van der Waals surface area contributed by atoms with Crippen LogP contribution in [0.15, 0.2) is 0 Å². The summed E-state index contributed by atoms with van der Waals surface area (Å²) in [5, 5.41) is 3.14. The summed E-state index contributed by atoms with van der Waals surface area (Å²) in [6.07, 6.45) is 1.54. The van der Waals surface area contributed by atoms with Crippen molar-refractivity contribution < 1.29 is 4.79 Å². The van der Waals surface area contributed by atoms with Crippen LogP contribution in [-0.4, -0.2) is 18.5 Å². The van der Waals surface area contributed by atoms with E-state index in [1.54, 1.807) is 0 Å². The lowest BCUT2D eigenvalue weighted by Gasteiger charge is -2.12. The fourth-order valence-electron chi connectivity index (χ4n) is 2.43. The highest BCUT2D eigenvalue weighted by molar-refractivity contribution is 5.77. The summed E-state index contributed by atoms with van der Waals surface area (Å²) in [5.41, 5.74) is 6.04. The van der Waals surface area contributed by atoms with Crippen molar-refractivity contribution in [3.05, 3.63) is 0 Å². The molecule has 1 unspecified atom stereocenters. The van der Waals surface area contributed by atoms with Crippen LogP contribution in [-0.2, 0) is 4.79 Å². The van der Waals surface area contributed by atoms with E-state index in [9.17, 15) is 4.79 Å². The van der Waals surface area contributed by atoms with Crippen molar-refractivity contribution in [1.29, 1.82) is 0 Å². The van der Waals surface area contributed by atoms with E-state index in [2.05, 4.69) is 39.9 Å². The van der Waals surface area contributed by atoms with Crippen molar-refractivity contribution in [3.8, 4) is 0 Å². The van der Waals surface area contributed by atoms with Crippen LogP contribution < -0.4 is 11.1 Å². The maximum Gasteiger partial charge on any atom is 0.220 e. The van der Waals surface area contributed by atoms with Gasteiger partial charge in [-0.15, -0.1) is 0 Å². The Morgan fingerprint density at radius 2 is 1.81 bits per heavy atom. The Balaban J connectivity index is 2.43. The summed E-state index contributed by atoms with van der Waals surface area (Å²) < 4.78 is 0. The van der Waals surface area contributed by atoms with E-state index in [4.69, 9.17) is 5.73 Å². The first-order chi connectivity index (χ1) is 7.27. The molecule has 3 nitrogen and oxygen atoms in total. The van der Waals surface area contributed by atoms with E-state index in [0.29, 0.717) is 24.9 Å². The summed E-state index contributed by atoms with van der Waals surface area (Å²) >= 11 is 0. The van der Waals surface area contributed by atoms with Gasteiger partial charge in [0.1, 0.15) is 0 Å². The van der Waals surface area contributed by atoms with Crippen molar-refractivity contribution in [3.63, 3.8) is 0 Å². The highest BCUT2D eigenvalue weighted by Gasteiger charge is 2.65. The Morgan fingerprint density at radius 3 is 2.12 bits per heavy atom. The minimum Gasteiger partial charge on any atom is -0.352 e. The first kappa shape index (κ1) is 13.5. The molecule has 0 aromatic rings. The molecule has 0 radical (unpaired) electrons. The molecular weight excluding hydrogens is 200 g/mol. The number of rotatable bonds is 5. The first-order valence-electron chi connectivity index (χ1n) is 6.26. The van der Waals surface area contributed by atoms with Gasteiger partial charge in [0, 0.05) is 12.5 Å². The van der Waals surface area contributed by atoms with E-state index >= 15 is 0 Å². The van der Waals surface area contributed by atoms with Crippen LogP contribution in [0.2, 0.25) is 0 Å². The summed E-state index contributed by atoms with van der Waals surface area (Å²) in [5.74, 6) is 0.478. The second-order valence-electron chi connectivity index (χ2n) is 6.16. The number of hydrogen-bond acceptors (Lipinski definition) is 2. The number of nitrogens with one attached hydrogen (secondary N) is 1. The lowest BCUT2D eigenvalue weighted by molar-refractivity contribution is -0.122. The fraction of sp³-hybridized carbons (Fsp3) is 0.923. The lowest BCUT2D eigenvalue weighted by Crippen LogP contribution is -2.32. The number of hydrogen-bond donors (Lipinski definition) is 2. The summed E-state index contributed by atoms with van der Waals surface area (Å²) in [6, 6.07) is 0.308. The molecule has 1 atom stereocenters. The van der Waals surface area contributed by atoms with Gasteiger partial charge in [-0.2, -0.15) is 0 Å². The molecule has 3 N–H and O–H groups in total. The quantitative estimate of drug-likeness (QED) is 0.752. The van der Waals surface area contributed by atoms with Crippen molar-refractivity contribution in [2.24, 2.45) is 22.5 Å². The second-order valence-corrected chi connectivity index (χ2v) is 6.16. The van der Waals surface area contributed by atoms with Crippen LogP contribution in [0.5, 0.6) is 0 Å². The SMILES string of the molecule is CCC(CN)CC(=O)NC1C(C)(C)C1(C)C. The Morgan fingerprint density at radius 1 is 1.31 bits per heavy atom. The standard InChI is InChI=1S/C13H26N2O/c1-6-9(8-14)7-10(16)15-11-12(2,3)13(11,4)5/h9,11H,6-8,14H2,1-5H3,(H,15,16). The molecule has 94 valence electrons. The third kappa shape index (κ3) is 2.24. The molecule has 0 heterocycles. The molecule has 1 saturated carbocycles. The van der Waals surface area contributed by atoms with Gasteiger partial charge >= 0.3 is 0 Å². The molecule has 0 saturated heterocycles. The Labute approximate surface area is 99.2 Å². The molecular formula is C13H26N2O. The molecule has 1 fully saturated rings. The topological polar surface area (TPSA) is 55.1 Å². The highest BCUT2D eigenvalue weighted by Crippen LogP contribution is 2.62. The molecule has 3 heteroatoms. The molecule has 0 spiro atoms. The molecule has 1 amide bonds. The highest BCUT2D eigenvalue weighted by atomic mass is 16.1. The third-order valence-corrected chi connectivity index (χ3v) is 4.71. The van der Waals surface area contributed by atoms with Crippen molar-refractivity contribution in [1.82, 2.24) is 5.32 Å². The normalized spacial score (nSPS) is 23.9. The van der Waals surface area contributed by atoms with Crippen LogP contribution >= 0.6 is 0 Å². The molecule has 0 aromatic heterocycles. The number of amides is 1. The van der Waals surface area contributed by atoms with Gasteiger partial charge in [-0.25, -0.2) is 0 Å². The van der Waals surface area contributed by atoms with Gasteiger partial charge in [0.2, 0.25) is 5.91 Å². The van der Waals surface area contributed by atoms with E-state index in [1.165, 1.54) is 0 Å². The van der Waals surface area contributed by atoms with Crippen LogP contribution in [0.1, 0.15) is 47.5 Å². The van der Waals surface area contributed by atoms with Crippen LogP contribution in [0, 0.1) is 16.7 Å². The third-order valence-electron chi connectivity index (χ3n) is 4.71. The minimum absolute atomic E-state index is 0.154. The largest absolute Gasteiger partial charge is 0.352 e. The summed E-state index contributed by atoms with van der Waals surface area (Å²) in [6.45, 7) is 11.5. The van der Waals surface area contributed by atoms with Gasteiger partial charge in [-0.3, -0.25) is 4.79 Å². The zero-order chi connectivity index (χ0) is 12.6. The lowest BCUT2D eigenvalue weighted by atomic mass is 10.0. The number of carbonyl (C=O) groups is 1. The Kier molecular flexibility index (Phi) is 3.68. The predicted octanol–water partition coefficient (Wildman–Crippen LogP) is 1.91. The van der Waals surface area contributed by atoms with E-state index in [0.717, 1.165) is 6.42 Å². The smallest absolute Gasteiger partial charge is 0.220 e. The number of carbonyl (C=O) groups excluding carboxylic acids is 1.